The van der Waals surface area contributed by atoms with E-state index in [1.807, 2.05) is 30.3 Å². The van der Waals surface area contributed by atoms with Crippen molar-refractivity contribution in [2.75, 3.05) is 0 Å². The van der Waals surface area contributed by atoms with Crippen LogP contribution in [0.3, 0.4) is 0 Å². The highest BCUT2D eigenvalue weighted by Gasteiger charge is 2.15. The maximum atomic E-state index is 11.3. The number of hydrogen-bond acceptors (Lipinski definition) is 3. The lowest BCUT2D eigenvalue weighted by atomic mass is 10.2. The second kappa shape index (κ2) is 4.57. The Balaban J connectivity index is 2.54. The summed E-state index contributed by atoms with van der Waals surface area (Å²) < 4.78 is 1.67. The fourth-order valence-electron chi connectivity index (χ4n) is 1.47. The van der Waals surface area contributed by atoms with Crippen LogP contribution in [0.1, 0.15) is 23.1 Å². The maximum Gasteiger partial charge on any atom is 0.181 e. The third-order valence-electron chi connectivity index (χ3n) is 2.22. The van der Waals surface area contributed by atoms with E-state index in [0.717, 1.165) is 11.4 Å². The summed E-state index contributed by atoms with van der Waals surface area (Å²) in [4.78, 5) is 11.3. The van der Waals surface area contributed by atoms with Gasteiger partial charge in [-0.15, -0.1) is 5.10 Å². The van der Waals surface area contributed by atoms with E-state index in [9.17, 15) is 4.79 Å². The van der Waals surface area contributed by atoms with Gasteiger partial charge in [0, 0.05) is 12.3 Å². The van der Waals surface area contributed by atoms with Crippen molar-refractivity contribution in [3.63, 3.8) is 0 Å². The number of ketones is 1. The van der Waals surface area contributed by atoms with Crippen LogP contribution < -0.4 is 0 Å². The minimum atomic E-state index is -0.0726. The molecule has 0 aliphatic carbocycles. The summed E-state index contributed by atoms with van der Waals surface area (Å²) in [6, 6.07) is 9.61. The van der Waals surface area contributed by atoms with Crippen molar-refractivity contribution in [3.8, 4) is 5.69 Å². The summed E-state index contributed by atoms with van der Waals surface area (Å²) in [5.74, 6) is -0.0726. The van der Waals surface area contributed by atoms with E-state index in [4.69, 9.17) is 0 Å². The summed E-state index contributed by atoms with van der Waals surface area (Å²) in [6.07, 6.45) is 0. The van der Waals surface area contributed by atoms with E-state index in [0.29, 0.717) is 11.0 Å². The van der Waals surface area contributed by atoms with Crippen molar-refractivity contribution in [1.82, 2.24) is 15.0 Å². The highest BCUT2D eigenvalue weighted by molar-refractivity contribution is 9.08. The van der Waals surface area contributed by atoms with Crippen molar-refractivity contribution in [2.24, 2.45) is 0 Å². The number of benzene rings is 1. The van der Waals surface area contributed by atoms with Crippen LogP contribution in [0.25, 0.3) is 5.69 Å². The Labute approximate surface area is 101 Å². The molecule has 1 heterocycles. The molecule has 0 spiro atoms. The fourth-order valence-corrected chi connectivity index (χ4v) is 1.97. The summed E-state index contributed by atoms with van der Waals surface area (Å²) in [7, 11) is 0. The first-order valence-corrected chi connectivity index (χ1v) is 5.93. The molecule has 82 valence electrons. The van der Waals surface area contributed by atoms with Crippen LogP contribution in [0.15, 0.2) is 30.3 Å². The standard InChI is InChI=1S/C11H10BrN3O/c1-8(16)11-10(7-12)15(14-13-11)9-5-3-2-4-6-9/h2-6H,7H2,1H3. The van der Waals surface area contributed by atoms with E-state index in [1.165, 1.54) is 6.92 Å². The molecule has 2 rings (SSSR count). The Morgan fingerprint density at radius 1 is 1.38 bits per heavy atom. The number of rotatable bonds is 3. The molecule has 0 unspecified atom stereocenters. The Kier molecular flexibility index (Phi) is 3.14. The molecule has 0 aliphatic rings. The molecule has 2 aromatic rings. The van der Waals surface area contributed by atoms with Gasteiger partial charge in [-0.25, -0.2) is 4.68 Å². The Bertz CT molecular complexity index is 507. The van der Waals surface area contributed by atoms with Gasteiger partial charge in [-0.2, -0.15) is 0 Å². The fraction of sp³-hybridized carbons (Fsp3) is 0.182. The lowest BCUT2D eigenvalue weighted by Crippen LogP contribution is -2.03. The summed E-state index contributed by atoms with van der Waals surface area (Å²) in [5, 5.41) is 8.44. The van der Waals surface area contributed by atoms with Gasteiger partial charge in [0.25, 0.3) is 0 Å². The van der Waals surface area contributed by atoms with Crippen LogP contribution in [-0.2, 0) is 5.33 Å². The SMILES string of the molecule is CC(=O)c1nnn(-c2ccccc2)c1CBr. The molecule has 1 aromatic carbocycles. The van der Waals surface area contributed by atoms with Crippen molar-refractivity contribution in [2.45, 2.75) is 12.3 Å². The molecule has 4 nitrogen and oxygen atoms in total. The normalized spacial score (nSPS) is 10.4. The number of alkyl halides is 1. The number of Topliss-reactive ketones (excluding diaryl/α,β-unsaturated/α-hetero) is 1. The van der Waals surface area contributed by atoms with Crippen LogP contribution in [0.4, 0.5) is 0 Å². The van der Waals surface area contributed by atoms with Crippen molar-refractivity contribution < 1.29 is 4.79 Å². The minimum absolute atomic E-state index is 0.0726. The molecule has 5 heteroatoms. The van der Waals surface area contributed by atoms with E-state index in [-0.39, 0.29) is 5.78 Å². The highest BCUT2D eigenvalue weighted by atomic mass is 79.9. The first-order valence-electron chi connectivity index (χ1n) is 4.81. The quantitative estimate of drug-likeness (QED) is 0.640. The molecule has 0 amide bonds. The zero-order valence-electron chi connectivity index (χ0n) is 8.72. The second-order valence-electron chi connectivity index (χ2n) is 3.32. The number of hydrogen-bond donors (Lipinski definition) is 0. The highest BCUT2D eigenvalue weighted by Crippen LogP contribution is 2.15. The van der Waals surface area contributed by atoms with E-state index < -0.39 is 0 Å². The lowest BCUT2D eigenvalue weighted by Gasteiger charge is -2.03. The van der Waals surface area contributed by atoms with Crippen LogP contribution in [0, 0.1) is 0 Å². The molecular formula is C11H10BrN3O. The van der Waals surface area contributed by atoms with Crippen molar-refractivity contribution in [1.29, 1.82) is 0 Å². The van der Waals surface area contributed by atoms with Crippen LogP contribution in [0.5, 0.6) is 0 Å². The van der Waals surface area contributed by atoms with Crippen molar-refractivity contribution in [3.05, 3.63) is 41.7 Å². The van der Waals surface area contributed by atoms with Gasteiger partial charge >= 0.3 is 0 Å². The second-order valence-corrected chi connectivity index (χ2v) is 3.88. The number of carbonyl (C=O) groups excluding carboxylic acids is 1. The molecule has 0 aliphatic heterocycles. The molecule has 0 radical (unpaired) electrons. The smallest absolute Gasteiger partial charge is 0.181 e. The van der Waals surface area contributed by atoms with E-state index in [2.05, 4.69) is 26.2 Å². The molecular weight excluding hydrogens is 270 g/mol. The Morgan fingerprint density at radius 2 is 2.06 bits per heavy atom. The van der Waals surface area contributed by atoms with Gasteiger partial charge < -0.3 is 0 Å². The number of aromatic nitrogens is 3. The third kappa shape index (κ3) is 1.90. The average Bonchev–Trinajstić information content (AvgIpc) is 2.73. The molecule has 0 fully saturated rings. The summed E-state index contributed by atoms with van der Waals surface area (Å²) in [5.41, 5.74) is 2.09. The van der Waals surface area contributed by atoms with E-state index >= 15 is 0 Å². The van der Waals surface area contributed by atoms with Gasteiger partial charge in [0.15, 0.2) is 11.5 Å². The van der Waals surface area contributed by atoms with Crippen LogP contribution in [-0.4, -0.2) is 20.8 Å². The molecule has 16 heavy (non-hydrogen) atoms. The molecule has 0 N–H and O–H groups in total. The number of nitrogens with zero attached hydrogens (tertiary/aromatic N) is 3. The maximum absolute atomic E-state index is 11.3. The largest absolute Gasteiger partial charge is 0.293 e. The molecule has 0 bridgehead atoms. The first-order chi connectivity index (χ1) is 7.74. The topological polar surface area (TPSA) is 47.8 Å². The monoisotopic (exact) mass is 279 g/mol. The Morgan fingerprint density at radius 3 is 2.62 bits per heavy atom. The van der Waals surface area contributed by atoms with Gasteiger partial charge in [-0.05, 0) is 12.1 Å². The number of halogens is 1. The first kappa shape index (κ1) is 11.0. The Hall–Kier alpha value is -1.49. The zero-order chi connectivity index (χ0) is 11.5. The molecule has 0 saturated carbocycles. The van der Waals surface area contributed by atoms with Gasteiger partial charge in [0.1, 0.15) is 0 Å². The average molecular weight is 280 g/mol. The van der Waals surface area contributed by atoms with Gasteiger partial charge in [-0.1, -0.05) is 39.3 Å². The minimum Gasteiger partial charge on any atom is -0.293 e. The van der Waals surface area contributed by atoms with Crippen LogP contribution >= 0.6 is 15.9 Å². The van der Waals surface area contributed by atoms with Gasteiger partial charge in [0.05, 0.1) is 11.4 Å². The molecule has 0 atom stereocenters. The molecule has 1 aromatic heterocycles. The van der Waals surface area contributed by atoms with Gasteiger partial charge in [-0.3, -0.25) is 4.79 Å². The van der Waals surface area contributed by atoms with Crippen molar-refractivity contribution >= 4 is 21.7 Å². The summed E-state index contributed by atoms with van der Waals surface area (Å²) in [6.45, 7) is 1.49. The van der Waals surface area contributed by atoms with Gasteiger partial charge in [0.2, 0.25) is 0 Å². The number of carbonyl (C=O) groups is 1. The zero-order valence-corrected chi connectivity index (χ0v) is 10.3. The molecule has 0 saturated heterocycles. The number of para-hydroxylation sites is 1. The predicted molar refractivity (Wildman–Crippen MR) is 64.0 cm³/mol. The lowest BCUT2D eigenvalue weighted by molar-refractivity contribution is 0.101. The predicted octanol–water partition coefficient (Wildman–Crippen LogP) is 2.36. The van der Waals surface area contributed by atoms with E-state index in [1.54, 1.807) is 4.68 Å². The summed E-state index contributed by atoms with van der Waals surface area (Å²) >= 11 is 3.35. The van der Waals surface area contributed by atoms with Crippen LogP contribution in [0.2, 0.25) is 0 Å². The third-order valence-corrected chi connectivity index (χ3v) is 2.76.